The number of halogens is 2. The van der Waals surface area contributed by atoms with Crippen LogP contribution in [0.5, 0.6) is 0 Å². The van der Waals surface area contributed by atoms with Gasteiger partial charge in [-0.1, -0.05) is 35.0 Å². The smallest absolute Gasteiger partial charge is 0.222 e. The molecule has 86 valence electrons. The molecule has 0 radical (unpaired) electrons. The molecular formula is C9H10Cl2N4S. The number of rotatable bonds is 1. The summed E-state index contributed by atoms with van der Waals surface area (Å²) in [5, 5.41) is 1.23. The zero-order valence-electron chi connectivity index (χ0n) is 8.45. The Bertz CT molecular complexity index is 445. The van der Waals surface area contributed by atoms with E-state index in [2.05, 4.69) is 9.98 Å². The largest absolute Gasteiger partial charge is 0.378 e. The third-order valence-corrected chi connectivity index (χ3v) is 2.83. The number of nitrogens with two attached hydrogens (primary N) is 2. The van der Waals surface area contributed by atoms with Gasteiger partial charge in [0.2, 0.25) is 5.96 Å². The van der Waals surface area contributed by atoms with E-state index in [-0.39, 0.29) is 5.96 Å². The van der Waals surface area contributed by atoms with Gasteiger partial charge in [-0.05, 0) is 24.5 Å². The standard InChI is InChI=1S/C9H10Cl2N4S/c1-16-9(13)15-8(12)14-5-2-3-6(10)7(11)4-5/h2-4H,1H3,(H4,12,13,14,15). The molecule has 0 saturated carbocycles. The van der Waals surface area contributed by atoms with Gasteiger partial charge in [-0.3, -0.25) is 0 Å². The Morgan fingerprint density at radius 1 is 1.25 bits per heavy atom. The molecule has 1 aromatic rings. The summed E-state index contributed by atoms with van der Waals surface area (Å²) in [6.07, 6.45) is 1.80. The van der Waals surface area contributed by atoms with Crippen molar-refractivity contribution >= 4 is 51.8 Å². The molecule has 0 spiro atoms. The number of hydrogen-bond donors (Lipinski definition) is 2. The minimum absolute atomic E-state index is 0.0743. The molecule has 0 aliphatic carbocycles. The van der Waals surface area contributed by atoms with Gasteiger partial charge in [0.15, 0.2) is 5.17 Å². The van der Waals surface area contributed by atoms with E-state index < -0.39 is 0 Å². The lowest BCUT2D eigenvalue weighted by atomic mass is 10.3. The Labute approximate surface area is 108 Å². The van der Waals surface area contributed by atoms with E-state index in [0.717, 1.165) is 0 Å². The lowest BCUT2D eigenvalue weighted by Crippen LogP contribution is -2.15. The first-order valence-electron chi connectivity index (χ1n) is 4.20. The zero-order valence-corrected chi connectivity index (χ0v) is 10.8. The molecule has 0 saturated heterocycles. The molecule has 0 atom stereocenters. The molecule has 4 nitrogen and oxygen atoms in total. The third kappa shape index (κ3) is 3.92. The van der Waals surface area contributed by atoms with Crippen molar-refractivity contribution in [3.05, 3.63) is 28.2 Å². The summed E-state index contributed by atoms with van der Waals surface area (Å²) in [5.74, 6) is 0.0743. The van der Waals surface area contributed by atoms with Crippen molar-refractivity contribution in [1.82, 2.24) is 0 Å². The predicted molar refractivity (Wildman–Crippen MR) is 72.9 cm³/mol. The molecule has 0 aromatic heterocycles. The molecule has 1 rings (SSSR count). The van der Waals surface area contributed by atoms with Gasteiger partial charge >= 0.3 is 0 Å². The average Bonchev–Trinajstić information content (AvgIpc) is 2.23. The minimum atomic E-state index is 0.0743. The van der Waals surface area contributed by atoms with Gasteiger partial charge in [-0.25, -0.2) is 4.99 Å². The SMILES string of the molecule is CS/C(N)=N/C(N)=Nc1ccc(Cl)c(Cl)c1. The van der Waals surface area contributed by atoms with E-state index in [1.165, 1.54) is 11.8 Å². The van der Waals surface area contributed by atoms with Crippen LogP contribution in [0.3, 0.4) is 0 Å². The summed E-state index contributed by atoms with van der Waals surface area (Å²) < 4.78 is 0. The average molecular weight is 277 g/mol. The Morgan fingerprint density at radius 2 is 1.94 bits per heavy atom. The van der Waals surface area contributed by atoms with Crippen LogP contribution >= 0.6 is 35.0 Å². The van der Waals surface area contributed by atoms with Gasteiger partial charge < -0.3 is 11.5 Å². The molecule has 4 N–H and O–H groups in total. The summed E-state index contributed by atoms with van der Waals surface area (Å²) in [7, 11) is 0. The molecular weight excluding hydrogens is 267 g/mol. The van der Waals surface area contributed by atoms with Crippen LogP contribution in [-0.4, -0.2) is 17.4 Å². The van der Waals surface area contributed by atoms with Crippen molar-refractivity contribution in [2.24, 2.45) is 21.5 Å². The van der Waals surface area contributed by atoms with Crippen LogP contribution in [0.2, 0.25) is 10.0 Å². The summed E-state index contributed by atoms with van der Waals surface area (Å²) in [6.45, 7) is 0. The number of thioether (sulfide) groups is 1. The summed E-state index contributed by atoms with van der Waals surface area (Å²) in [6, 6.07) is 4.92. The van der Waals surface area contributed by atoms with Crippen LogP contribution in [-0.2, 0) is 0 Å². The monoisotopic (exact) mass is 276 g/mol. The second kappa shape index (κ2) is 5.98. The van der Waals surface area contributed by atoms with Crippen molar-refractivity contribution in [1.29, 1.82) is 0 Å². The highest BCUT2D eigenvalue weighted by atomic mass is 35.5. The molecule has 0 aliphatic rings. The van der Waals surface area contributed by atoms with Crippen LogP contribution in [0.25, 0.3) is 0 Å². The van der Waals surface area contributed by atoms with E-state index in [9.17, 15) is 0 Å². The lowest BCUT2D eigenvalue weighted by Gasteiger charge is -1.99. The lowest BCUT2D eigenvalue weighted by molar-refractivity contribution is 1.41. The highest BCUT2D eigenvalue weighted by molar-refractivity contribution is 8.13. The molecule has 0 bridgehead atoms. The molecule has 0 amide bonds. The highest BCUT2D eigenvalue weighted by Gasteiger charge is 1.99. The predicted octanol–water partition coefficient (Wildman–Crippen LogP) is 2.62. The highest BCUT2D eigenvalue weighted by Crippen LogP contribution is 2.26. The number of benzene rings is 1. The molecule has 7 heteroatoms. The summed E-state index contributed by atoms with van der Waals surface area (Å²) >= 11 is 12.9. The molecule has 0 unspecified atom stereocenters. The van der Waals surface area contributed by atoms with Crippen LogP contribution in [0, 0.1) is 0 Å². The van der Waals surface area contributed by atoms with E-state index in [1.807, 2.05) is 0 Å². The second-order valence-corrected chi connectivity index (χ2v) is 4.36. The summed E-state index contributed by atoms with van der Waals surface area (Å²) in [5.41, 5.74) is 11.6. The fourth-order valence-corrected chi connectivity index (χ4v) is 1.35. The fraction of sp³-hybridized carbons (Fsp3) is 0.111. The number of guanidine groups is 1. The Hall–Kier alpha value is -0.910. The first-order valence-corrected chi connectivity index (χ1v) is 6.18. The maximum atomic E-state index is 5.82. The Kier molecular flexibility index (Phi) is 4.92. The van der Waals surface area contributed by atoms with Gasteiger partial charge in [-0.15, -0.1) is 0 Å². The first-order chi connectivity index (χ1) is 7.52. The topological polar surface area (TPSA) is 76.8 Å². The quantitative estimate of drug-likeness (QED) is 0.612. The fourth-order valence-electron chi connectivity index (χ4n) is 0.870. The van der Waals surface area contributed by atoms with Crippen molar-refractivity contribution in [3.8, 4) is 0 Å². The molecule has 16 heavy (non-hydrogen) atoms. The van der Waals surface area contributed by atoms with Crippen LogP contribution < -0.4 is 11.5 Å². The number of aliphatic imine (C=N–C) groups is 2. The number of hydrogen-bond acceptors (Lipinski definition) is 2. The Balaban J connectivity index is 2.94. The van der Waals surface area contributed by atoms with E-state index in [4.69, 9.17) is 34.7 Å². The minimum Gasteiger partial charge on any atom is -0.378 e. The van der Waals surface area contributed by atoms with Gasteiger partial charge in [0, 0.05) is 0 Å². The number of nitrogens with zero attached hydrogens (tertiary/aromatic N) is 2. The third-order valence-electron chi connectivity index (χ3n) is 1.58. The maximum absolute atomic E-state index is 5.82. The first kappa shape index (κ1) is 13.2. The van der Waals surface area contributed by atoms with E-state index >= 15 is 0 Å². The van der Waals surface area contributed by atoms with Crippen molar-refractivity contribution in [3.63, 3.8) is 0 Å². The Morgan fingerprint density at radius 3 is 2.50 bits per heavy atom. The zero-order chi connectivity index (χ0) is 12.1. The molecule has 1 aromatic carbocycles. The van der Waals surface area contributed by atoms with Crippen LogP contribution in [0.1, 0.15) is 0 Å². The van der Waals surface area contributed by atoms with E-state index in [0.29, 0.717) is 20.9 Å². The van der Waals surface area contributed by atoms with Gasteiger partial charge in [-0.2, -0.15) is 4.99 Å². The normalized spacial score (nSPS) is 12.9. The van der Waals surface area contributed by atoms with Crippen molar-refractivity contribution < 1.29 is 0 Å². The maximum Gasteiger partial charge on any atom is 0.222 e. The molecule has 0 fully saturated rings. The number of amidine groups is 1. The van der Waals surface area contributed by atoms with E-state index in [1.54, 1.807) is 24.5 Å². The van der Waals surface area contributed by atoms with Crippen LogP contribution in [0.15, 0.2) is 28.2 Å². The van der Waals surface area contributed by atoms with Gasteiger partial charge in [0.1, 0.15) is 0 Å². The molecule has 0 heterocycles. The van der Waals surface area contributed by atoms with Gasteiger partial charge in [0.25, 0.3) is 0 Å². The second-order valence-electron chi connectivity index (χ2n) is 2.72. The summed E-state index contributed by atoms with van der Waals surface area (Å²) in [4.78, 5) is 7.87. The van der Waals surface area contributed by atoms with Crippen molar-refractivity contribution in [2.45, 2.75) is 0 Å². The molecule has 0 aliphatic heterocycles. The van der Waals surface area contributed by atoms with Crippen LogP contribution in [0.4, 0.5) is 5.69 Å². The van der Waals surface area contributed by atoms with Gasteiger partial charge in [0.05, 0.1) is 15.7 Å². The van der Waals surface area contributed by atoms with Crippen molar-refractivity contribution in [2.75, 3.05) is 6.26 Å².